The van der Waals surface area contributed by atoms with E-state index in [1.54, 1.807) is 12.1 Å². The fraction of sp³-hybridized carbons (Fsp3) is 0.222. The van der Waals surface area contributed by atoms with Gasteiger partial charge in [0.25, 0.3) is 11.8 Å². The van der Waals surface area contributed by atoms with Gasteiger partial charge in [-0.2, -0.15) is 4.98 Å². The van der Waals surface area contributed by atoms with Crippen molar-refractivity contribution in [3.05, 3.63) is 47.2 Å². The highest BCUT2D eigenvalue weighted by Gasteiger charge is 2.14. The number of aromatic nitrogens is 2. The highest BCUT2D eigenvalue weighted by Crippen LogP contribution is 2.27. The maximum absolute atomic E-state index is 12.2. The molecule has 1 aromatic carbocycles. The van der Waals surface area contributed by atoms with Crippen LogP contribution < -0.4 is 14.8 Å². The summed E-state index contributed by atoms with van der Waals surface area (Å²) in [6.07, 6.45) is 0. The Hall–Kier alpha value is -3.40. The van der Waals surface area contributed by atoms with Crippen molar-refractivity contribution >= 4 is 23.2 Å². The van der Waals surface area contributed by atoms with Gasteiger partial charge in [-0.25, -0.2) is 0 Å². The molecule has 0 aliphatic carbocycles. The van der Waals surface area contributed by atoms with E-state index in [2.05, 4.69) is 15.5 Å². The van der Waals surface area contributed by atoms with Crippen LogP contribution in [0.3, 0.4) is 0 Å². The molecular weight excluding hydrogens is 386 g/mol. The van der Waals surface area contributed by atoms with Crippen molar-refractivity contribution in [1.29, 1.82) is 0 Å². The summed E-state index contributed by atoms with van der Waals surface area (Å²) in [7, 11) is 2.97. The van der Waals surface area contributed by atoms with E-state index in [1.165, 1.54) is 31.6 Å². The fourth-order valence-corrected chi connectivity index (χ4v) is 2.89. The minimum atomic E-state index is -0.635. The first-order chi connectivity index (χ1) is 13.6. The summed E-state index contributed by atoms with van der Waals surface area (Å²) >= 11 is 1.47. The maximum Gasteiger partial charge on any atom is 0.325 e. The van der Waals surface area contributed by atoms with E-state index in [0.29, 0.717) is 22.9 Å². The van der Waals surface area contributed by atoms with Crippen molar-refractivity contribution < 1.29 is 28.3 Å². The zero-order valence-corrected chi connectivity index (χ0v) is 15.9. The first-order valence-corrected chi connectivity index (χ1v) is 9.01. The summed E-state index contributed by atoms with van der Waals surface area (Å²) in [6.45, 7) is -0.484. The van der Waals surface area contributed by atoms with Crippen LogP contribution in [-0.4, -0.2) is 42.8 Å². The summed E-state index contributed by atoms with van der Waals surface area (Å²) in [5, 5.41) is 8.19. The number of esters is 1. The molecule has 0 aliphatic heterocycles. The largest absolute Gasteiger partial charge is 0.493 e. The number of methoxy groups -OCH3 is 2. The molecule has 1 amide bonds. The molecule has 0 radical (unpaired) electrons. The van der Waals surface area contributed by atoms with Gasteiger partial charge in [0.15, 0.2) is 18.1 Å². The normalized spacial score (nSPS) is 10.4. The Morgan fingerprint density at radius 1 is 1.18 bits per heavy atom. The van der Waals surface area contributed by atoms with E-state index in [1.807, 2.05) is 17.5 Å². The van der Waals surface area contributed by atoms with Gasteiger partial charge in [0, 0.05) is 5.56 Å². The second-order valence-electron chi connectivity index (χ2n) is 5.40. The standard InChI is InChI=1S/C18H17N3O6S/c1-24-12-6-5-11(8-13(12)25-2)18(23)19-9-16(22)26-10-15-20-17(21-27-15)14-4-3-7-28-14/h3-8H,9-10H2,1-2H3,(H,19,23). The second kappa shape index (κ2) is 9.00. The lowest BCUT2D eigenvalue weighted by Gasteiger charge is -2.09. The van der Waals surface area contributed by atoms with Crippen molar-refractivity contribution in [3.8, 4) is 22.2 Å². The molecule has 0 spiro atoms. The third-order valence-corrected chi connectivity index (χ3v) is 4.47. The highest BCUT2D eigenvalue weighted by atomic mass is 32.1. The van der Waals surface area contributed by atoms with Crippen molar-refractivity contribution in [1.82, 2.24) is 15.5 Å². The van der Waals surface area contributed by atoms with Crippen LogP contribution in [-0.2, 0) is 16.1 Å². The van der Waals surface area contributed by atoms with Crippen molar-refractivity contribution in [2.24, 2.45) is 0 Å². The fourth-order valence-electron chi connectivity index (χ4n) is 2.24. The van der Waals surface area contributed by atoms with E-state index >= 15 is 0 Å². The topological polar surface area (TPSA) is 113 Å². The first kappa shape index (κ1) is 19.4. The molecule has 0 saturated carbocycles. The van der Waals surface area contributed by atoms with Crippen LogP contribution in [0.5, 0.6) is 11.5 Å². The van der Waals surface area contributed by atoms with Crippen LogP contribution in [0.4, 0.5) is 0 Å². The van der Waals surface area contributed by atoms with E-state index in [0.717, 1.165) is 4.88 Å². The van der Waals surface area contributed by atoms with Gasteiger partial charge in [-0.15, -0.1) is 11.3 Å². The van der Waals surface area contributed by atoms with Gasteiger partial charge in [-0.05, 0) is 29.6 Å². The Morgan fingerprint density at radius 2 is 2.00 bits per heavy atom. The molecule has 0 atom stereocenters. The number of hydrogen-bond donors (Lipinski definition) is 1. The van der Waals surface area contributed by atoms with E-state index in [-0.39, 0.29) is 19.0 Å². The molecule has 0 fully saturated rings. The smallest absolute Gasteiger partial charge is 0.325 e. The summed E-state index contributed by atoms with van der Waals surface area (Å²) in [5.41, 5.74) is 0.322. The Bertz CT molecular complexity index is 954. The highest BCUT2D eigenvalue weighted by molar-refractivity contribution is 7.13. The van der Waals surface area contributed by atoms with Gasteiger partial charge in [0.2, 0.25) is 5.82 Å². The number of carbonyl (C=O) groups is 2. The average molecular weight is 403 g/mol. The van der Waals surface area contributed by atoms with Gasteiger partial charge in [-0.3, -0.25) is 9.59 Å². The summed E-state index contributed by atoms with van der Waals surface area (Å²) in [6, 6.07) is 8.41. The minimum absolute atomic E-state index is 0.169. The van der Waals surface area contributed by atoms with Crippen LogP contribution in [0.2, 0.25) is 0 Å². The van der Waals surface area contributed by atoms with E-state index in [4.69, 9.17) is 18.7 Å². The number of carbonyl (C=O) groups excluding carboxylic acids is 2. The van der Waals surface area contributed by atoms with Crippen molar-refractivity contribution in [2.45, 2.75) is 6.61 Å². The molecule has 2 heterocycles. The lowest BCUT2D eigenvalue weighted by Crippen LogP contribution is -2.30. The van der Waals surface area contributed by atoms with Gasteiger partial charge < -0.3 is 24.1 Å². The molecule has 0 aliphatic rings. The Balaban J connectivity index is 1.48. The molecule has 146 valence electrons. The molecule has 0 unspecified atom stereocenters. The third kappa shape index (κ3) is 4.65. The van der Waals surface area contributed by atoms with Gasteiger partial charge in [0.05, 0.1) is 19.1 Å². The Morgan fingerprint density at radius 3 is 2.71 bits per heavy atom. The summed E-state index contributed by atoms with van der Waals surface area (Å²) in [4.78, 5) is 29.0. The van der Waals surface area contributed by atoms with Crippen LogP contribution >= 0.6 is 11.3 Å². The number of benzene rings is 1. The molecule has 9 nitrogen and oxygen atoms in total. The lowest BCUT2D eigenvalue weighted by molar-refractivity contribution is -0.144. The average Bonchev–Trinajstić information content (AvgIpc) is 3.41. The predicted molar refractivity (Wildman–Crippen MR) is 99.3 cm³/mol. The van der Waals surface area contributed by atoms with E-state index < -0.39 is 11.9 Å². The molecule has 1 N–H and O–H groups in total. The molecule has 2 aromatic heterocycles. The van der Waals surface area contributed by atoms with Crippen LogP contribution in [0.15, 0.2) is 40.2 Å². The van der Waals surface area contributed by atoms with Crippen LogP contribution in [0, 0.1) is 0 Å². The molecule has 10 heteroatoms. The zero-order valence-electron chi connectivity index (χ0n) is 15.1. The molecule has 0 saturated heterocycles. The molecule has 0 bridgehead atoms. The van der Waals surface area contributed by atoms with E-state index in [9.17, 15) is 9.59 Å². The first-order valence-electron chi connectivity index (χ1n) is 8.13. The quantitative estimate of drug-likeness (QED) is 0.570. The zero-order chi connectivity index (χ0) is 19.9. The number of amides is 1. The number of thiophene rings is 1. The minimum Gasteiger partial charge on any atom is -0.493 e. The number of nitrogens with zero attached hydrogens (tertiary/aromatic N) is 2. The third-order valence-electron chi connectivity index (χ3n) is 3.61. The van der Waals surface area contributed by atoms with Crippen LogP contribution in [0.25, 0.3) is 10.7 Å². The second-order valence-corrected chi connectivity index (χ2v) is 6.35. The number of rotatable bonds is 8. The monoisotopic (exact) mass is 403 g/mol. The molecular formula is C18H17N3O6S. The molecule has 3 rings (SSSR count). The Kier molecular flexibility index (Phi) is 6.22. The number of hydrogen-bond acceptors (Lipinski definition) is 9. The SMILES string of the molecule is COc1ccc(C(=O)NCC(=O)OCc2nc(-c3cccs3)no2)cc1OC. The van der Waals surface area contributed by atoms with Gasteiger partial charge >= 0.3 is 5.97 Å². The Labute approximate surface area is 164 Å². The maximum atomic E-state index is 12.2. The lowest BCUT2D eigenvalue weighted by atomic mass is 10.2. The van der Waals surface area contributed by atoms with Crippen molar-refractivity contribution in [2.75, 3.05) is 20.8 Å². The van der Waals surface area contributed by atoms with Gasteiger partial charge in [0.1, 0.15) is 6.54 Å². The van der Waals surface area contributed by atoms with Crippen LogP contribution in [0.1, 0.15) is 16.2 Å². The number of nitrogens with one attached hydrogen (secondary N) is 1. The number of ether oxygens (including phenoxy) is 3. The predicted octanol–water partition coefficient (Wildman–Crippen LogP) is 2.29. The van der Waals surface area contributed by atoms with Gasteiger partial charge in [-0.1, -0.05) is 11.2 Å². The summed E-state index contributed by atoms with van der Waals surface area (Å²) in [5.74, 6) is 0.432. The molecule has 3 aromatic rings. The molecule has 28 heavy (non-hydrogen) atoms. The summed E-state index contributed by atoms with van der Waals surface area (Å²) < 4.78 is 20.3. The van der Waals surface area contributed by atoms with Crippen molar-refractivity contribution in [3.63, 3.8) is 0 Å².